The Hall–Kier alpha value is -3.83. The zero-order valence-electron chi connectivity index (χ0n) is 19.4. The normalized spacial score (nSPS) is 11.0. The molecule has 4 N–H and O–H groups in total. The number of amides is 1. The number of anilines is 3. The van der Waals surface area contributed by atoms with E-state index in [1.807, 2.05) is 27.7 Å². The number of aromatic amines is 1. The molecule has 0 saturated heterocycles. The number of benzene rings is 1. The van der Waals surface area contributed by atoms with Gasteiger partial charge in [-0.3, -0.25) is 29.3 Å². The highest BCUT2D eigenvalue weighted by atomic mass is 16.6. The van der Waals surface area contributed by atoms with Crippen molar-refractivity contribution in [3.63, 3.8) is 0 Å². The average molecular weight is 463 g/mol. The molecule has 0 aliphatic heterocycles. The number of carbonyl (C=O) groups excluding carboxylic acids is 1. The van der Waals surface area contributed by atoms with Crippen molar-refractivity contribution in [2.75, 3.05) is 36.1 Å². The van der Waals surface area contributed by atoms with Gasteiger partial charge in [-0.25, -0.2) is 4.79 Å². The van der Waals surface area contributed by atoms with E-state index >= 15 is 0 Å². The lowest BCUT2D eigenvalue weighted by Gasteiger charge is -2.27. The molecule has 1 aromatic carbocycles. The molecule has 180 valence electrons. The first-order chi connectivity index (χ1) is 15.4. The summed E-state index contributed by atoms with van der Waals surface area (Å²) in [7, 11) is 1.38. The highest BCUT2D eigenvalue weighted by Gasteiger charge is 2.24. The number of rotatable bonds is 10. The molecule has 2 rings (SSSR count). The molecule has 0 radical (unpaired) electrons. The number of nitrogens with zero attached hydrogens (tertiary/aromatic N) is 3. The summed E-state index contributed by atoms with van der Waals surface area (Å²) < 4.78 is 6.27. The van der Waals surface area contributed by atoms with Crippen LogP contribution in [0.25, 0.3) is 0 Å². The molecule has 0 unspecified atom stereocenters. The van der Waals surface area contributed by atoms with Crippen LogP contribution in [0.5, 0.6) is 5.75 Å². The summed E-state index contributed by atoms with van der Waals surface area (Å²) in [6, 6.07) is 4.05. The summed E-state index contributed by atoms with van der Waals surface area (Å²) in [5.74, 6) is -0.239. The average Bonchev–Trinajstić information content (AvgIpc) is 2.70. The molecular weight excluding hydrogens is 432 g/mol. The largest absolute Gasteiger partial charge is 0.496 e. The topological polar surface area (TPSA) is 166 Å². The van der Waals surface area contributed by atoms with E-state index < -0.39 is 22.1 Å². The van der Waals surface area contributed by atoms with Gasteiger partial charge < -0.3 is 20.7 Å². The number of hydrogen-bond acceptors (Lipinski definition) is 8. The Balaban J connectivity index is 2.42. The number of methoxy groups -OCH3 is 1. The lowest BCUT2D eigenvalue weighted by Crippen LogP contribution is -2.43. The smallest absolute Gasteiger partial charge is 0.330 e. The fourth-order valence-corrected chi connectivity index (χ4v) is 3.36. The Morgan fingerprint density at radius 1 is 1.27 bits per heavy atom. The number of nitrogens with one attached hydrogen (secondary N) is 2. The fourth-order valence-electron chi connectivity index (χ4n) is 3.36. The SMILES string of the molecule is COc1ccc(NC(=O)CN(CC(C)C)c2c(N)n(CC(C)C)c(=O)[nH]c2=O)c([N+](=O)[O-])c1. The molecule has 0 fully saturated rings. The van der Waals surface area contributed by atoms with E-state index in [0.29, 0.717) is 0 Å². The van der Waals surface area contributed by atoms with Gasteiger partial charge in [-0.05, 0) is 24.0 Å². The van der Waals surface area contributed by atoms with Gasteiger partial charge in [0.25, 0.3) is 11.2 Å². The predicted molar refractivity (Wildman–Crippen MR) is 126 cm³/mol. The highest BCUT2D eigenvalue weighted by Crippen LogP contribution is 2.29. The Bertz CT molecular complexity index is 1140. The minimum Gasteiger partial charge on any atom is -0.496 e. The molecule has 0 bridgehead atoms. The van der Waals surface area contributed by atoms with Crippen molar-refractivity contribution < 1.29 is 14.5 Å². The number of hydrogen-bond donors (Lipinski definition) is 3. The third-order valence-electron chi connectivity index (χ3n) is 4.67. The quantitative estimate of drug-likeness (QED) is 0.355. The minimum absolute atomic E-state index is 0.00308. The van der Waals surface area contributed by atoms with Gasteiger partial charge in [0.2, 0.25) is 5.91 Å². The summed E-state index contributed by atoms with van der Waals surface area (Å²) in [5, 5.41) is 13.9. The summed E-state index contributed by atoms with van der Waals surface area (Å²) in [5.41, 5.74) is 4.52. The molecule has 1 aromatic heterocycles. The van der Waals surface area contributed by atoms with Gasteiger partial charge in [0.15, 0.2) is 0 Å². The van der Waals surface area contributed by atoms with Crippen molar-refractivity contribution >= 4 is 28.8 Å². The minimum atomic E-state index is -0.707. The standard InChI is InChI=1S/C21H30N6O6/c1-12(2)9-25(18-19(22)26(10-13(3)4)21(30)24-20(18)29)11-17(28)23-15-7-6-14(33-5)8-16(15)27(31)32/h6-8,12-13H,9-11,22H2,1-5H3,(H,23,28)(H,24,29,30). The molecule has 1 amide bonds. The molecule has 12 nitrogen and oxygen atoms in total. The molecule has 0 atom stereocenters. The number of nitrogen functional groups attached to an aromatic ring is 1. The Kier molecular flexibility index (Phi) is 8.21. The lowest BCUT2D eigenvalue weighted by molar-refractivity contribution is -0.384. The maximum atomic E-state index is 12.8. The van der Waals surface area contributed by atoms with E-state index in [2.05, 4.69) is 10.3 Å². The number of nitro groups is 1. The van der Waals surface area contributed by atoms with Gasteiger partial charge in [0.05, 0.1) is 24.6 Å². The third-order valence-corrected chi connectivity index (χ3v) is 4.67. The van der Waals surface area contributed by atoms with E-state index in [4.69, 9.17) is 10.5 Å². The van der Waals surface area contributed by atoms with E-state index in [-0.39, 0.29) is 60.1 Å². The van der Waals surface area contributed by atoms with Gasteiger partial charge >= 0.3 is 5.69 Å². The van der Waals surface area contributed by atoms with Crippen LogP contribution < -0.4 is 31.9 Å². The van der Waals surface area contributed by atoms with Crippen LogP contribution in [0.2, 0.25) is 0 Å². The number of carbonyl (C=O) groups is 1. The van der Waals surface area contributed by atoms with Crippen LogP contribution in [0.1, 0.15) is 27.7 Å². The lowest BCUT2D eigenvalue weighted by atomic mass is 10.2. The van der Waals surface area contributed by atoms with Crippen LogP contribution in [0.4, 0.5) is 22.9 Å². The Labute approximate surface area is 190 Å². The molecule has 0 spiro atoms. The maximum Gasteiger partial charge on any atom is 0.330 e. The van der Waals surface area contributed by atoms with Crippen LogP contribution in [0, 0.1) is 22.0 Å². The van der Waals surface area contributed by atoms with Crippen molar-refractivity contribution in [2.24, 2.45) is 11.8 Å². The fraction of sp³-hybridized carbons (Fsp3) is 0.476. The first-order valence-corrected chi connectivity index (χ1v) is 10.4. The number of ether oxygens (including phenoxy) is 1. The van der Waals surface area contributed by atoms with Crippen molar-refractivity contribution in [3.8, 4) is 5.75 Å². The molecule has 0 aliphatic carbocycles. The molecule has 0 saturated carbocycles. The zero-order chi connectivity index (χ0) is 24.9. The number of H-pyrrole nitrogens is 1. The molecule has 33 heavy (non-hydrogen) atoms. The molecule has 0 aliphatic rings. The summed E-state index contributed by atoms with van der Waals surface area (Å²) in [4.78, 5) is 52.3. The van der Waals surface area contributed by atoms with Crippen LogP contribution in [0.15, 0.2) is 27.8 Å². The number of aromatic nitrogens is 2. The zero-order valence-corrected chi connectivity index (χ0v) is 19.4. The number of nitrogens with two attached hydrogens (primary N) is 1. The monoisotopic (exact) mass is 462 g/mol. The van der Waals surface area contributed by atoms with Crippen LogP contribution >= 0.6 is 0 Å². The van der Waals surface area contributed by atoms with Crippen LogP contribution in [0.3, 0.4) is 0 Å². The maximum absolute atomic E-state index is 12.8. The molecule has 12 heteroatoms. The second kappa shape index (κ2) is 10.7. The van der Waals surface area contributed by atoms with Crippen molar-refractivity contribution in [2.45, 2.75) is 34.2 Å². The van der Waals surface area contributed by atoms with Gasteiger partial charge in [0.1, 0.15) is 22.9 Å². The predicted octanol–water partition coefficient (Wildman–Crippen LogP) is 1.79. The second-order valence-corrected chi connectivity index (χ2v) is 8.46. The van der Waals surface area contributed by atoms with Gasteiger partial charge in [-0.2, -0.15) is 0 Å². The number of nitro benzene ring substituents is 1. The molecule has 2 aromatic rings. The van der Waals surface area contributed by atoms with Crippen molar-refractivity contribution in [1.82, 2.24) is 9.55 Å². The van der Waals surface area contributed by atoms with Crippen LogP contribution in [-0.4, -0.2) is 40.6 Å². The first-order valence-electron chi connectivity index (χ1n) is 10.4. The third kappa shape index (κ3) is 6.34. The van der Waals surface area contributed by atoms with E-state index in [1.54, 1.807) is 0 Å². The summed E-state index contributed by atoms with van der Waals surface area (Å²) >= 11 is 0. The molecular formula is C21H30N6O6. The van der Waals surface area contributed by atoms with E-state index in [1.165, 1.54) is 34.8 Å². The van der Waals surface area contributed by atoms with E-state index in [9.17, 15) is 24.5 Å². The van der Waals surface area contributed by atoms with Crippen molar-refractivity contribution in [3.05, 3.63) is 49.2 Å². The van der Waals surface area contributed by atoms with E-state index in [0.717, 1.165) is 0 Å². The second-order valence-electron chi connectivity index (χ2n) is 8.46. The molecule has 1 heterocycles. The highest BCUT2D eigenvalue weighted by molar-refractivity contribution is 5.96. The van der Waals surface area contributed by atoms with Crippen molar-refractivity contribution in [1.29, 1.82) is 0 Å². The van der Waals surface area contributed by atoms with Gasteiger partial charge in [0, 0.05) is 13.1 Å². The summed E-state index contributed by atoms with van der Waals surface area (Å²) in [6.45, 7) is 7.85. The Morgan fingerprint density at radius 2 is 1.94 bits per heavy atom. The Morgan fingerprint density at radius 3 is 2.48 bits per heavy atom. The van der Waals surface area contributed by atoms with Crippen LogP contribution in [-0.2, 0) is 11.3 Å². The summed E-state index contributed by atoms with van der Waals surface area (Å²) in [6.07, 6.45) is 0. The first kappa shape index (κ1) is 25.4. The van der Waals surface area contributed by atoms with Gasteiger partial charge in [-0.1, -0.05) is 27.7 Å². The van der Waals surface area contributed by atoms with Gasteiger partial charge in [-0.15, -0.1) is 0 Å².